The molecule has 96 valence electrons. The van der Waals surface area contributed by atoms with Crippen LogP contribution in [0.3, 0.4) is 0 Å². The molecule has 0 N–H and O–H groups in total. The smallest absolute Gasteiger partial charge is 0.274 e. The molecule has 2 heterocycles. The Labute approximate surface area is 107 Å². The zero-order chi connectivity index (χ0) is 12.4. The molecule has 1 aromatic rings. The Hall–Kier alpha value is -1.45. The summed E-state index contributed by atoms with van der Waals surface area (Å²) < 4.78 is 0. The standard InChI is InChI=1S/C14H19N3O/c18-14(17-9-3-1-2-4-10-17)13-8-7-12(15-16-13)11-5-6-11/h7-8,11H,1-6,9-10H2. The second kappa shape index (κ2) is 5.04. The first-order valence-corrected chi connectivity index (χ1v) is 6.97. The lowest BCUT2D eigenvalue weighted by Crippen LogP contribution is -2.32. The summed E-state index contributed by atoms with van der Waals surface area (Å²) in [5.41, 5.74) is 1.55. The Kier molecular flexibility index (Phi) is 3.26. The van der Waals surface area contributed by atoms with Crippen LogP contribution in [-0.4, -0.2) is 34.1 Å². The van der Waals surface area contributed by atoms with Gasteiger partial charge in [-0.2, -0.15) is 5.10 Å². The molecule has 4 heteroatoms. The first kappa shape index (κ1) is 11.6. The molecule has 18 heavy (non-hydrogen) atoms. The first-order chi connectivity index (χ1) is 8.84. The molecular formula is C14H19N3O. The maximum absolute atomic E-state index is 12.3. The lowest BCUT2D eigenvalue weighted by molar-refractivity contribution is 0.0754. The fraction of sp³-hybridized carbons (Fsp3) is 0.643. The van der Waals surface area contributed by atoms with Crippen molar-refractivity contribution in [1.29, 1.82) is 0 Å². The van der Waals surface area contributed by atoms with Gasteiger partial charge in [-0.3, -0.25) is 4.79 Å². The minimum atomic E-state index is 0.0479. The van der Waals surface area contributed by atoms with Crippen LogP contribution in [0.1, 0.15) is 60.6 Å². The van der Waals surface area contributed by atoms with Crippen molar-refractivity contribution in [3.05, 3.63) is 23.5 Å². The molecule has 1 saturated heterocycles. The molecule has 0 radical (unpaired) electrons. The maximum atomic E-state index is 12.3. The average molecular weight is 245 g/mol. The predicted molar refractivity (Wildman–Crippen MR) is 68.4 cm³/mol. The number of aromatic nitrogens is 2. The minimum Gasteiger partial charge on any atom is -0.337 e. The SMILES string of the molecule is O=C(c1ccc(C2CC2)nn1)N1CCCCCC1. The van der Waals surface area contributed by atoms with Gasteiger partial charge in [0.2, 0.25) is 0 Å². The fourth-order valence-electron chi connectivity index (χ4n) is 2.49. The van der Waals surface area contributed by atoms with Crippen LogP contribution in [0.2, 0.25) is 0 Å². The van der Waals surface area contributed by atoms with Crippen LogP contribution >= 0.6 is 0 Å². The third-order valence-electron chi connectivity index (χ3n) is 3.79. The molecule has 1 aromatic heterocycles. The average Bonchev–Trinajstić information content (AvgIpc) is 3.25. The Morgan fingerprint density at radius 1 is 1.06 bits per heavy atom. The molecule has 4 nitrogen and oxygen atoms in total. The summed E-state index contributed by atoms with van der Waals surface area (Å²) in [7, 11) is 0. The van der Waals surface area contributed by atoms with E-state index in [0.29, 0.717) is 11.6 Å². The van der Waals surface area contributed by atoms with Gasteiger partial charge in [-0.15, -0.1) is 5.10 Å². The normalized spacial score (nSPS) is 20.6. The minimum absolute atomic E-state index is 0.0479. The summed E-state index contributed by atoms with van der Waals surface area (Å²) in [6.07, 6.45) is 7.12. The van der Waals surface area contributed by atoms with Gasteiger partial charge in [0.05, 0.1) is 5.69 Å². The van der Waals surface area contributed by atoms with Gasteiger partial charge in [-0.1, -0.05) is 12.8 Å². The van der Waals surface area contributed by atoms with Crippen LogP contribution in [0.5, 0.6) is 0 Å². The third-order valence-corrected chi connectivity index (χ3v) is 3.79. The Balaban J connectivity index is 1.70. The van der Waals surface area contributed by atoms with Gasteiger partial charge < -0.3 is 4.90 Å². The van der Waals surface area contributed by atoms with E-state index in [1.54, 1.807) is 0 Å². The highest BCUT2D eigenvalue weighted by Gasteiger charge is 2.26. The monoisotopic (exact) mass is 245 g/mol. The molecule has 2 fully saturated rings. The van der Waals surface area contributed by atoms with E-state index in [1.165, 1.54) is 25.7 Å². The summed E-state index contributed by atoms with van der Waals surface area (Å²) in [5, 5.41) is 8.29. The summed E-state index contributed by atoms with van der Waals surface area (Å²) in [6, 6.07) is 3.81. The molecule has 0 aromatic carbocycles. The van der Waals surface area contributed by atoms with Crippen LogP contribution in [0.4, 0.5) is 0 Å². The highest BCUT2D eigenvalue weighted by atomic mass is 16.2. The van der Waals surface area contributed by atoms with E-state index in [1.807, 2.05) is 17.0 Å². The second-order valence-corrected chi connectivity index (χ2v) is 5.32. The van der Waals surface area contributed by atoms with Crippen molar-refractivity contribution in [1.82, 2.24) is 15.1 Å². The van der Waals surface area contributed by atoms with Gasteiger partial charge in [0.1, 0.15) is 0 Å². The highest BCUT2D eigenvalue weighted by molar-refractivity contribution is 5.92. The number of hydrogen-bond acceptors (Lipinski definition) is 3. The van der Waals surface area contributed by atoms with Gasteiger partial charge in [-0.05, 0) is 37.8 Å². The van der Waals surface area contributed by atoms with Crippen molar-refractivity contribution in [3.8, 4) is 0 Å². The quantitative estimate of drug-likeness (QED) is 0.803. The molecular weight excluding hydrogens is 226 g/mol. The summed E-state index contributed by atoms with van der Waals surface area (Å²) in [4.78, 5) is 14.2. The molecule has 0 atom stereocenters. The van der Waals surface area contributed by atoms with Gasteiger partial charge in [0.25, 0.3) is 5.91 Å². The van der Waals surface area contributed by atoms with Gasteiger partial charge in [0.15, 0.2) is 5.69 Å². The molecule has 3 rings (SSSR count). The number of amides is 1. The van der Waals surface area contributed by atoms with Gasteiger partial charge in [0, 0.05) is 19.0 Å². The van der Waals surface area contributed by atoms with Crippen LogP contribution in [-0.2, 0) is 0 Å². The summed E-state index contributed by atoms with van der Waals surface area (Å²) in [5.74, 6) is 0.645. The van der Waals surface area contributed by atoms with Crippen molar-refractivity contribution in [2.75, 3.05) is 13.1 Å². The largest absolute Gasteiger partial charge is 0.337 e. The first-order valence-electron chi connectivity index (χ1n) is 6.97. The van der Waals surface area contributed by atoms with Crippen LogP contribution in [0.15, 0.2) is 12.1 Å². The lowest BCUT2D eigenvalue weighted by atomic mass is 10.2. The van der Waals surface area contributed by atoms with Crippen molar-refractivity contribution in [2.24, 2.45) is 0 Å². The number of rotatable bonds is 2. The third kappa shape index (κ3) is 2.52. The van der Waals surface area contributed by atoms with E-state index in [9.17, 15) is 4.79 Å². The van der Waals surface area contributed by atoms with Gasteiger partial charge in [-0.25, -0.2) is 0 Å². The van der Waals surface area contributed by atoms with Crippen LogP contribution in [0, 0.1) is 0 Å². The van der Waals surface area contributed by atoms with Crippen molar-refractivity contribution < 1.29 is 4.79 Å². The van der Waals surface area contributed by atoms with Crippen LogP contribution in [0.25, 0.3) is 0 Å². The fourth-order valence-corrected chi connectivity index (χ4v) is 2.49. The molecule has 0 unspecified atom stereocenters. The van der Waals surface area contributed by atoms with Crippen molar-refractivity contribution in [3.63, 3.8) is 0 Å². The molecule has 1 saturated carbocycles. The van der Waals surface area contributed by atoms with E-state index in [-0.39, 0.29) is 5.91 Å². The van der Waals surface area contributed by atoms with Crippen molar-refractivity contribution in [2.45, 2.75) is 44.4 Å². The zero-order valence-electron chi connectivity index (χ0n) is 10.6. The molecule has 1 aliphatic heterocycles. The number of carbonyl (C=O) groups excluding carboxylic acids is 1. The topological polar surface area (TPSA) is 46.1 Å². The van der Waals surface area contributed by atoms with Crippen molar-refractivity contribution >= 4 is 5.91 Å². The number of carbonyl (C=O) groups is 1. The molecule has 1 amide bonds. The Bertz CT molecular complexity index is 417. The predicted octanol–water partition coefficient (Wildman–Crippen LogP) is 2.37. The Morgan fingerprint density at radius 3 is 2.33 bits per heavy atom. The maximum Gasteiger partial charge on any atom is 0.274 e. The Morgan fingerprint density at radius 2 is 1.78 bits per heavy atom. The molecule has 0 spiro atoms. The highest BCUT2D eigenvalue weighted by Crippen LogP contribution is 2.38. The van der Waals surface area contributed by atoms with E-state index in [4.69, 9.17) is 0 Å². The van der Waals surface area contributed by atoms with E-state index >= 15 is 0 Å². The molecule has 1 aliphatic carbocycles. The molecule has 0 bridgehead atoms. The number of hydrogen-bond donors (Lipinski definition) is 0. The lowest BCUT2D eigenvalue weighted by Gasteiger charge is -2.19. The number of nitrogens with zero attached hydrogens (tertiary/aromatic N) is 3. The van der Waals surface area contributed by atoms with E-state index in [0.717, 1.165) is 31.6 Å². The van der Waals surface area contributed by atoms with E-state index < -0.39 is 0 Å². The number of likely N-dealkylation sites (tertiary alicyclic amines) is 1. The summed E-state index contributed by atoms with van der Waals surface area (Å²) in [6.45, 7) is 1.73. The molecule has 2 aliphatic rings. The van der Waals surface area contributed by atoms with Crippen LogP contribution < -0.4 is 0 Å². The van der Waals surface area contributed by atoms with Gasteiger partial charge >= 0.3 is 0 Å². The zero-order valence-corrected chi connectivity index (χ0v) is 10.6. The van der Waals surface area contributed by atoms with E-state index in [2.05, 4.69) is 10.2 Å². The summed E-state index contributed by atoms with van der Waals surface area (Å²) >= 11 is 0. The second-order valence-electron chi connectivity index (χ2n) is 5.32.